The second-order valence-electron chi connectivity index (χ2n) is 9.04. The lowest BCUT2D eigenvalue weighted by molar-refractivity contribution is -0.159. The number of nitrogens with one attached hydrogen (secondary N) is 2. The van der Waals surface area contributed by atoms with Gasteiger partial charge in [-0.15, -0.1) is 0 Å². The van der Waals surface area contributed by atoms with Gasteiger partial charge in [0.25, 0.3) is 5.91 Å². The van der Waals surface area contributed by atoms with Crippen LogP contribution in [0, 0.1) is 5.41 Å². The van der Waals surface area contributed by atoms with Crippen molar-refractivity contribution < 1.29 is 33.8 Å². The molecule has 3 amide bonds. The second-order valence-corrected chi connectivity index (χ2v) is 9.04. The van der Waals surface area contributed by atoms with E-state index < -0.39 is 54.3 Å². The number of carbonyl (C=O) groups excluding carboxylic acids is 4. The summed E-state index contributed by atoms with van der Waals surface area (Å²) in [5, 5.41) is 19.1. The standard InChI is InChI=1S/C23H31N5O7/c1-23(2,3)35-19(32)8-9-27-10-11-28(16(22(27)34)12-18(30)31)17(29)13-26-21(33)15-6-4-14(5-7-15)20(24)25/h4-7,16H,8-13H2,1-3H3,(H3,24,25)(H,26,33)(H,30,31)/t16-/m0/s1. The molecule has 0 aromatic heterocycles. The topological polar surface area (TPSA) is 183 Å². The number of piperazine rings is 1. The van der Waals surface area contributed by atoms with Crippen LogP contribution < -0.4 is 11.1 Å². The van der Waals surface area contributed by atoms with E-state index in [-0.39, 0.29) is 37.5 Å². The Morgan fingerprint density at radius 2 is 1.74 bits per heavy atom. The Morgan fingerprint density at radius 3 is 2.29 bits per heavy atom. The first-order valence-electron chi connectivity index (χ1n) is 11.0. The minimum absolute atomic E-state index is 0.0406. The van der Waals surface area contributed by atoms with Crippen molar-refractivity contribution in [3.63, 3.8) is 0 Å². The van der Waals surface area contributed by atoms with Crippen molar-refractivity contribution in [2.45, 2.75) is 45.3 Å². The van der Waals surface area contributed by atoms with Crippen LogP contribution in [0.1, 0.15) is 49.5 Å². The predicted octanol–water partition coefficient (Wildman–Crippen LogP) is -0.0536. The zero-order valence-electron chi connectivity index (χ0n) is 20.0. The van der Waals surface area contributed by atoms with Gasteiger partial charge in [-0.05, 0) is 32.9 Å². The summed E-state index contributed by atoms with van der Waals surface area (Å²) in [5.41, 5.74) is 5.40. The molecule has 1 fully saturated rings. The summed E-state index contributed by atoms with van der Waals surface area (Å²) >= 11 is 0. The second kappa shape index (κ2) is 11.4. The van der Waals surface area contributed by atoms with Crippen molar-refractivity contribution in [2.24, 2.45) is 5.73 Å². The van der Waals surface area contributed by atoms with E-state index in [1.165, 1.54) is 29.2 Å². The van der Waals surface area contributed by atoms with Gasteiger partial charge in [0.05, 0.1) is 19.4 Å². The maximum Gasteiger partial charge on any atom is 0.308 e. The quantitative estimate of drug-likeness (QED) is 0.211. The van der Waals surface area contributed by atoms with Crippen molar-refractivity contribution in [2.75, 3.05) is 26.2 Å². The van der Waals surface area contributed by atoms with Gasteiger partial charge in [0.1, 0.15) is 17.5 Å². The zero-order valence-corrected chi connectivity index (χ0v) is 20.0. The number of benzene rings is 1. The number of nitrogens with two attached hydrogens (primary N) is 1. The number of carboxylic acids is 1. The van der Waals surface area contributed by atoms with E-state index in [1.54, 1.807) is 20.8 Å². The zero-order chi connectivity index (χ0) is 26.3. The smallest absolute Gasteiger partial charge is 0.308 e. The first-order valence-corrected chi connectivity index (χ1v) is 11.0. The van der Waals surface area contributed by atoms with Crippen molar-refractivity contribution in [1.29, 1.82) is 5.41 Å². The lowest BCUT2D eigenvalue weighted by atomic mass is 10.1. The molecule has 5 N–H and O–H groups in total. The number of carbonyl (C=O) groups is 5. The SMILES string of the molecule is CC(C)(C)OC(=O)CCN1CCN(C(=O)CNC(=O)c2ccc(C(=N)N)cc2)[C@@H](CC(=O)O)C1=O. The normalized spacial score (nSPS) is 16.0. The first kappa shape index (κ1) is 27.3. The molecule has 0 aliphatic carbocycles. The number of hydrogen-bond acceptors (Lipinski definition) is 7. The number of carboxylic acid groups (broad SMARTS) is 1. The summed E-state index contributed by atoms with van der Waals surface area (Å²) in [6.45, 7) is 4.95. The highest BCUT2D eigenvalue weighted by Crippen LogP contribution is 2.17. The Balaban J connectivity index is 1.99. The van der Waals surface area contributed by atoms with Crippen LogP contribution in [0.4, 0.5) is 0 Å². The molecule has 190 valence electrons. The average molecular weight is 490 g/mol. The number of nitrogen functional groups attached to an aromatic ring is 1. The monoisotopic (exact) mass is 489 g/mol. The molecule has 1 saturated heterocycles. The Hall–Kier alpha value is -3.96. The molecule has 35 heavy (non-hydrogen) atoms. The van der Waals surface area contributed by atoms with Crippen LogP contribution in [0.5, 0.6) is 0 Å². The Labute approximate surface area is 202 Å². The predicted molar refractivity (Wildman–Crippen MR) is 125 cm³/mol. The van der Waals surface area contributed by atoms with Gasteiger partial charge in [-0.2, -0.15) is 0 Å². The molecule has 12 heteroatoms. The van der Waals surface area contributed by atoms with Crippen molar-refractivity contribution >= 4 is 35.5 Å². The van der Waals surface area contributed by atoms with Crippen LogP contribution in [0.3, 0.4) is 0 Å². The molecule has 1 atom stereocenters. The van der Waals surface area contributed by atoms with Gasteiger partial charge < -0.3 is 30.7 Å². The van der Waals surface area contributed by atoms with Crippen LogP contribution in [0.15, 0.2) is 24.3 Å². The Bertz CT molecular complexity index is 1000. The van der Waals surface area contributed by atoms with Crippen LogP contribution in [0.25, 0.3) is 0 Å². The minimum Gasteiger partial charge on any atom is -0.481 e. The molecule has 0 bridgehead atoms. The van der Waals surface area contributed by atoms with E-state index in [0.29, 0.717) is 5.56 Å². The largest absolute Gasteiger partial charge is 0.481 e. The van der Waals surface area contributed by atoms with Crippen molar-refractivity contribution in [3.05, 3.63) is 35.4 Å². The lowest BCUT2D eigenvalue weighted by Gasteiger charge is -2.40. The third-order valence-corrected chi connectivity index (χ3v) is 5.14. The van der Waals surface area contributed by atoms with Gasteiger partial charge in [-0.3, -0.25) is 29.4 Å². The number of amidine groups is 1. The van der Waals surface area contributed by atoms with Gasteiger partial charge >= 0.3 is 11.9 Å². The fourth-order valence-electron chi connectivity index (χ4n) is 3.50. The van der Waals surface area contributed by atoms with E-state index in [9.17, 15) is 29.1 Å². The van der Waals surface area contributed by atoms with Crippen molar-refractivity contribution in [3.8, 4) is 0 Å². The molecule has 1 aliphatic heterocycles. The van der Waals surface area contributed by atoms with Gasteiger partial charge in [0.15, 0.2) is 0 Å². The summed E-state index contributed by atoms with van der Waals surface area (Å²) < 4.78 is 5.23. The third-order valence-electron chi connectivity index (χ3n) is 5.14. The molecular weight excluding hydrogens is 458 g/mol. The molecule has 0 saturated carbocycles. The minimum atomic E-state index is -1.26. The summed E-state index contributed by atoms with van der Waals surface area (Å²) in [5.74, 6) is -3.63. The van der Waals surface area contributed by atoms with Gasteiger partial charge in [0.2, 0.25) is 11.8 Å². The molecule has 1 aliphatic rings. The number of aliphatic carboxylic acids is 1. The van der Waals surface area contributed by atoms with E-state index >= 15 is 0 Å². The fourth-order valence-corrected chi connectivity index (χ4v) is 3.50. The van der Waals surface area contributed by atoms with Crippen LogP contribution in [-0.4, -0.2) is 88.2 Å². The molecule has 1 heterocycles. The maximum atomic E-state index is 12.9. The molecule has 2 rings (SSSR count). The number of ether oxygens (including phenoxy) is 1. The number of rotatable bonds is 9. The Kier molecular flexibility index (Phi) is 8.93. The van der Waals surface area contributed by atoms with Crippen molar-refractivity contribution in [1.82, 2.24) is 15.1 Å². The summed E-state index contributed by atoms with van der Waals surface area (Å²) in [6.07, 6.45) is -0.664. The highest BCUT2D eigenvalue weighted by Gasteiger charge is 2.38. The highest BCUT2D eigenvalue weighted by atomic mass is 16.6. The molecule has 0 unspecified atom stereocenters. The third kappa shape index (κ3) is 8.09. The molecule has 1 aromatic rings. The summed E-state index contributed by atoms with van der Waals surface area (Å²) in [7, 11) is 0. The lowest BCUT2D eigenvalue weighted by Crippen LogP contribution is -2.60. The molecule has 0 radical (unpaired) electrons. The Morgan fingerprint density at radius 1 is 1.14 bits per heavy atom. The van der Waals surface area contributed by atoms with E-state index in [4.69, 9.17) is 15.9 Å². The first-order chi connectivity index (χ1) is 16.3. The van der Waals surface area contributed by atoms with E-state index in [1.807, 2.05) is 0 Å². The fraction of sp³-hybridized carbons (Fsp3) is 0.478. The van der Waals surface area contributed by atoms with Gasteiger partial charge in [0, 0.05) is 30.8 Å². The average Bonchev–Trinajstić information content (AvgIpc) is 2.76. The summed E-state index contributed by atoms with van der Waals surface area (Å²) in [4.78, 5) is 63.9. The molecule has 1 aromatic carbocycles. The van der Waals surface area contributed by atoms with Gasteiger partial charge in [-0.1, -0.05) is 12.1 Å². The van der Waals surface area contributed by atoms with Crippen LogP contribution in [-0.2, 0) is 23.9 Å². The number of esters is 1. The number of amides is 3. The molecule has 12 nitrogen and oxygen atoms in total. The maximum absolute atomic E-state index is 12.9. The molecule has 0 spiro atoms. The summed E-state index contributed by atoms with van der Waals surface area (Å²) in [6, 6.07) is 4.65. The number of hydrogen-bond donors (Lipinski definition) is 4. The molecular formula is C23H31N5O7. The van der Waals surface area contributed by atoms with E-state index in [0.717, 1.165) is 4.90 Å². The number of nitrogens with zero attached hydrogens (tertiary/aromatic N) is 2. The van der Waals surface area contributed by atoms with Gasteiger partial charge in [-0.25, -0.2) is 0 Å². The van der Waals surface area contributed by atoms with E-state index in [2.05, 4.69) is 5.32 Å². The van der Waals surface area contributed by atoms with Crippen LogP contribution >= 0.6 is 0 Å². The highest BCUT2D eigenvalue weighted by molar-refractivity contribution is 5.99. The van der Waals surface area contributed by atoms with Crippen LogP contribution in [0.2, 0.25) is 0 Å².